The van der Waals surface area contributed by atoms with E-state index in [-0.39, 0.29) is 5.91 Å². The van der Waals surface area contributed by atoms with Crippen LogP contribution >= 0.6 is 11.3 Å². The Kier molecular flexibility index (Phi) is 3.19. The van der Waals surface area contributed by atoms with Crippen molar-refractivity contribution in [3.05, 3.63) is 35.0 Å². The van der Waals surface area contributed by atoms with E-state index in [0.717, 1.165) is 27.6 Å². The molecule has 0 radical (unpaired) electrons. The Morgan fingerprint density at radius 3 is 3.08 bits per heavy atom. The summed E-state index contributed by atoms with van der Waals surface area (Å²) in [5.74, 6) is 2.09. The van der Waals surface area contributed by atoms with Crippen LogP contribution in [0.25, 0.3) is 16.3 Å². The number of carbonyl (C=O) groups excluding carboxylic acids is 1. The van der Waals surface area contributed by atoms with Crippen LogP contribution in [0.5, 0.6) is 0 Å². The molecular formula is C18H18N4OS. The Morgan fingerprint density at radius 1 is 1.29 bits per heavy atom. The van der Waals surface area contributed by atoms with Gasteiger partial charge < -0.3 is 5.32 Å². The van der Waals surface area contributed by atoms with E-state index in [9.17, 15) is 4.79 Å². The zero-order valence-corrected chi connectivity index (χ0v) is 14.0. The van der Waals surface area contributed by atoms with Gasteiger partial charge in [-0.05, 0) is 54.9 Å². The van der Waals surface area contributed by atoms with Crippen LogP contribution in [0.1, 0.15) is 31.2 Å². The summed E-state index contributed by atoms with van der Waals surface area (Å²) >= 11 is 1.60. The highest BCUT2D eigenvalue weighted by molar-refractivity contribution is 7.16. The number of hydrogen-bond acceptors (Lipinski definition) is 5. The van der Waals surface area contributed by atoms with Gasteiger partial charge in [0.15, 0.2) is 0 Å². The maximum atomic E-state index is 12.2. The molecule has 1 aliphatic heterocycles. The summed E-state index contributed by atoms with van der Waals surface area (Å²) in [6.07, 6.45) is 7.05. The molecule has 3 atom stereocenters. The third kappa shape index (κ3) is 2.41. The molecule has 5 nitrogen and oxygen atoms in total. The predicted octanol–water partition coefficient (Wildman–Crippen LogP) is 2.90. The number of thiazole rings is 1. The van der Waals surface area contributed by atoms with Gasteiger partial charge in [-0.1, -0.05) is 12.5 Å². The first-order chi connectivity index (χ1) is 11.7. The number of aromatic nitrogens is 1. The number of nitrogens with zero attached hydrogens (tertiary/aromatic N) is 2. The van der Waals surface area contributed by atoms with E-state index < -0.39 is 0 Å². The molecule has 1 aromatic heterocycles. The highest BCUT2D eigenvalue weighted by Gasteiger charge is 2.40. The summed E-state index contributed by atoms with van der Waals surface area (Å²) in [6, 6.07) is 6.46. The first-order valence-corrected chi connectivity index (χ1v) is 9.34. The van der Waals surface area contributed by atoms with Crippen molar-refractivity contribution in [2.75, 3.05) is 0 Å². The summed E-state index contributed by atoms with van der Waals surface area (Å²) < 4.78 is 1.12. The fourth-order valence-corrected chi connectivity index (χ4v) is 4.98. The van der Waals surface area contributed by atoms with Gasteiger partial charge in [-0.15, -0.1) is 11.3 Å². The number of amides is 1. The van der Waals surface area contributed by atoms with Gasteiger partial charge in [0.25, 0.3) is 5.91 Å². The highest BCUT2D eigenvalue weighted by atomic mass is 32.1. The number of fused-ring (bicyclic) bond motifs is 3. The summed E-state index contributed by atoms with van der Waals surface area (Å²) in [5.41, 5.74) is 4.26. The number of carbonyl (C=O) groups is 1. The van der Waals surface area contributed by atoms with Gasteiger partial charge in [0.2, 0.25) is 5.96 Å². The summed E-state index contributed by atoms with van der Waals surface area (Å²) in [4.78, 5) is 20.9. The number of aliphatic imine (C=N–C) groups is 1. The van der Waals surface area contributed by atoms with Crippen LogP contribution in [0.15, 0.2) is 34.4 Å². The molecule has 5 rings (SSSR count). The lowest BCUT2D eigenvalue weighted by Gasteiger charge is -2.23. The van der Waals surface area contributed by atoms with Crippen LogP contribution in [-0.2, 0) is 4.79 Å². The minimum atomic E-state index is -0.134. The lowest BCUT2D eigenvalue weighted by molar-refractivity contribution is -0.115. The zero-order chi connectivity index (χ0) is 16.1. The van der Waals surface area contributed by atoms with Crippen LogP contribution in [0, 0.1) is 11.8 Å². The lowest BCUT2D eigenvalue weighted by Crippen LogP contribution is -2.44. The Labute approximate surface area is 143 Å². The number of guanidine groups is 1. The average Bonchev–Trinajstić information content (AvgIpc) is 3.33. The molecule has 24 heavy (non-hydrogen) atoms. The summed E-state index contributed by atoms with van der Waals surface area (Å²) in [7, 11) is 0. The topological polar surface area (TPSA) is 66.4 Å². The Balaban J connectivity index is 1.37. The smallest absolute Gasteiger partial charge is 0.276 e. The predicted molar refractivity (Wildman–Crippen MR) is 95.5 cm³/mol. The van der Waals surface area contributed by atoms with Gasteiger partial charge >= 0.3 is 0 Å². The molecular weight excluding hydrogens is 320 g/mol. The van der Waals surface area contributed by atoms with E-state index in [1.807, 2.05) is 29.8 Å². The third-order valence-corrected chi connectivity index (χ3v) is 6.21. The van der Waals surface area contributed by atoms with Crippen LogP contribution < -0.4 is 10.6 Å². The molecule has 1 amide bonds. The Morgan fingerprint density at radius 2 is 2.25 bits per heavy atom. The first kappa shape index (κ1) is 14.2. The second-order valence-electron chi connectivity index (χ2n) is 6.95. The Bertz CT molecular complexity index is 884. The third-order valence-electron chi connectivity index (χ3n) is 5.42. The number of rotatable bonds is 2. The second kappa shape index (κ2) is 5.41. The zero-order valence-electron chi connectivity index (χ0n) is 13.2. The van der Waals surface area contributed by atoms with Crippen molar-refractivity contribution in [1.29, 1.82) is 0 Å². The van der Waals surface area contributed by atoms with E-state index in [2.05, 4.69) is 20.6 Å². The normalized spacial score (nSPS) is 30.2. The van der Waals surface area contributed by atoms with Crippen LogP contribution in [0.2, 0.25) is 0 Å². The monoisotopic (exact) mass is 338 g/mol. The van der Waals surface area contributed by atoms with Gasteiger partial charge in [0.1, 0.15) is 5.70 Å². The number of hydrogen-bond donors (Lipinski definition) is 2. The van der Waals surface area contributed by atoms with E-state index in [1.54, 1.807) is 11.3 Å². The van der Waals surface area contributed by atoms with Crippen molar-refractivity contribution < 1.29 is 4.79 Å². The highest BCUT2D eigenvalue weighted by Crippen LogP contribution is 2.44. The molecule has 3 unspecified atom stereocenters. The van der Waals surface area contributed by atoms with Crippen LogP contribution in [-0.4, -0.2) is 22.9 Å². The maximum Gasteiger partial charge on any atom is 0.276 e. The molecule has 122 valence electrons. The van der Waals surface area contributed by atoms with E-state index in [4.69, 9.17) is 0 Å². The van der Waals surface area contributed by atoms with Crippen LogP contribution in [0.3, 0.4) is 0 Å². The van der Waals surface area contributed by atoms with Crippen molar-refractivity contribution >= 4 is 39.5 Å². The number of nitrogens with one attached hydrogen (secondary N) is 2. The Hall–Kier alpha value is -2.21. The number of benzene rings is 1. The molecule has 2 aromatic rings. The molecule has 2 fully saturated rings. The molecule has 2 N–H and O–H groups in total. The molecule has 3 aliphatic rings. The van der Waals surface area contributed by atoms with Gasteiger partial charge in [0, 0.05) is 6.04 Å². The lowest BCUT2D eigenvalue weighted by atomic mass is 9.95. The van der Waals surface area contributed by atoms with E-state index in [1.165, 1.54) is 25.7 Å². The van der Waals surface area contributed by atoms with Gasteiger partial charge in [0.05, 0.1) is 15.7 Å². The molecule has 0 spiro atoms. The molecule has 1 aromatic carbocycles. The fourth-order valence-electron chi connectivity index (χ4n) is 4.25. The minimum absolute atomic E-state index is 0.134. The molecule has 2 heterocycles. The summed E-state index contributed by atoms with van der Waals surface area (Å²) in [5, 5.41) is 6.31. The first-order valence-electron chi connectivity index (χ1n) is 8.46. The van der Waals surface area contributed by atoms with Crippen LogP contribution in [0.4, 0.5) is 0 Å². The molecule has 2 saturated carbocycles. The second-order valence-corrected chi connectivity index (χ2v) is 7.84. The quantitative estimate of drug-likeness (QED) is 0.828. The van der Waals surface area contributed by atoms with Crippen molar-refractivity contribution in [3.63, 3.8) is 0 Å². The largest absolute Gasteiger partial charge is 0.353 e. The van der Waals surface area contributed by atoms with Gasteiger partial charge in [-0.2, -0.15) is 0 Å². The van der Waals surface area contributed by atoms with Gasteiger partial charge in [-0.3, -0.25) is 10.1 Å². The van der Waals surface area contributed by atoms with E-state index >= 15 is 0 Å². The van der Waals surface area contributed by atoms with Gasteiger partial charge in [-0.25, -0.2) is 9.98 Å². The molecule has 2 aliphatic carbocycles. The van der Waals surface area contributed by atoms with E-state index in [0.29, 0.717) is 17.7 Å². The fraction of sp³-hybridized carbons (Fsp3) is 0.389. The molecule has 0 saturated heterocycles. The van der Waals surface area contributed by atoms with Crippen molar-refractivity contribution in [3.8, 4) is 0 Å². The summed E-state index contributed by atoms with van der Waals surface area (Å²) in [6.45, 7) is 0. The molecule has 2 bridgehead atoms. The maximum absolute atomic E-state index is 12.2. The SMILES string of the molecule is O=C1NC(NC2CC3CCC2C3)=N/C1=C\c1ccc2ncsc2c1. The standard InChI is InChI=1S/C18H18N4OS/c23-17-15(7-11-2-4-13-16(8-11)24-9-19-13)21-18(22-17)20-14-6-10-1-3-12(14)5-10/h2,4,7-10,12,14H,1,3,5-6H2,(H2,20,21,22,23)/b15-7-. The van der Waals surface area contributed by atoms with Crippen molar-refractivity contribution in [2.45, 2.75) is 31.7 Å². The van der Waals surface area contributed by atoms with Crippen molar-refractivity contribution in [1.82, 2.24) is 15.6 Å². The average molecular weight is 338 g/mol. The molecule has 6 heteroatoms. The minimum Gasteiger partial charge on any atom is -0.353 e. The van der Waals surface area contributed by atoms with Crippen molar-refractivity contribution in [2.24, 2.45) is 16.8 Å².